The fourth-order valence-corrected chi connectivity index (χ4v) is 2.12. The number of hydrogen-bond donors (Lipinski definition) is 0. The lowest BCUT2D eigenvalue weighted by atomic mass is 9.89. The molecule has 0 aliphatic heterocycles. The van der Waals surface area contributed by atoms with Crippen LogP contribution in [0.1, 0.15) is 37.8 Å². The van der Waals surface area contributed by atoms with E-state index in [4.69, 9.17) is 0 Å². The molecule has 0 atom stereocenters. The molecule has 1 aliphatic carbocycles. The van der Waals surface area contributed by atoms with Crippen molar-refractivity contribution in [3.05, 3.63) is 11.9 Å². The highest BCUT2D eigenvalue weighted by Crippen LogP contribution is 2.24. The van der Waals surface area contributed by atoms with E-state index in [1.807, 2.05) is 17.8 Å². The van der Waals surface area contributed by atoms with Crippen molar-refractivity contribution in [2.24, 2.45) is 5.92 Å². The normalized spacial score (nSPS) is 19.2. The highest BCUT2D eigenvalue weighted by Gasteiger charge is 2.14. The predicted octanol–water partition coefficient (Wildman–Crippen LogP) is 2.17. The summed E-state index contributed by atoms with van der Waals surface area (Å²) in [6.07, 6.45) is 9.01. The molecule has 0 saturated heterocycles. The van der Waals surface area contributed by atoms with Crippen LogP contribution in [0.25, 0.3) is 0 Å². The summed E-state index contributed by atoms with van der Waals surface area (Å²) >= 11 is 0. The van der Waals surface area contributed by atoms with Crippen molar-refractivity contribution in [2.45, 2.75) is 45.6 Å². The van der Waals surface area contributed by atoms with E-state index in [0.29, 0.717) is 0 Å². The van der Waals surface area contributed by atoms with Gasteiger partial charge < -0.3 is 0 Å². The van der Waals surface area contributed by atoms with Gasteiger partial charge in [0.15, 0.2) is 0 Å². The van der Waals surface area contributed by atoms with Gasteiger partial charge in [-0.2, -0.15) is 0 Å². The van der Waals surface area contributed by atoms with Crippen LogP contribution in [0.5, 0.6) is 0 Å². The molecule has 1 aromatic heterocycles. The average Bonchev–Trinajstić information content (AvgIpc) is 2.53. The second kappa shape index (κ2) is 3.90. The van der Waals surface area contributed by atoms with Gasteiger partial charge in [-0.25, -0.2) is 0 Å². The van der Waals surface area contributed by atoms with Gasteiger partial charge in [0.2, 0.25) is 0 Å². The molecule has 1 heterocycles. The summed E-state index contributed by atoms with van der Waals surface area (Å²) in [5.41, 5.74) is 1.02. The van der Waals surface area contributed by atoms with Crippen LogP contribution >= 0.6 is 0 Å². The summed E-state index contributed by atoms with van der Waals surface area (Å²) in [7, 11) is 0. The zero-order chi connectivity index (χ0) is 9.10. The van der Waals surface area contributed by atoms with Crippen molar-refractivity contribution in [2.75, 3.05) is 0 Å². The molecule has 3 heteroatoms. The SMILES string of the molecule is Cc1cn(CC2CCCCC2)nn1. The molecular formula is C10H17N3. The second-order valence-corrected chi connectivity index (χ2v) is 4.09. The molecule has 0 N–H and O–H groups in total. The Morgan fingerprint density at radius 1 is 1.38 bits per heavy atom. The van der Waals surface area contributed by atoms with Gasteiger partial charge in [0.05, 0.1) is 5.69 Å². The van der Waals surface area contributed by atoms with Crippen LogP contribution in [0, 0.1) is 12.8 Å². The third kappa shape index (κ3) is 2.29. The zero-order valence-corrected chi connectivity index (χ0v) is 8.24. The Hall–Kier alpha value is -0.860. The van der Waals surface area contributed by atoms with Crippen LogP contribution in [-0.2, 0) is 6.54 Å². The molecule has 0 aromatic carbocycles. The number of hydrogen-bond acceptors (Lipinski definition) is 2. The van der Waals surface area contributed by atoms with Crippen LogP contribution in [0.4, 0.5) is 0 Å². The molecule has 1 fully saturated rings. The number of aryl methyl sites for hydroxylation is 1. The van der Waals surface area contributed by atoms with Gasteiger partial charge in [-0.05, 0) is 25.7 Å². The van der Waals surface area contributed by atoms with Crippen molar-refractivity contribution in [3.63, 3.8) is 0 Å². The lowest BCUT2D eigenvalue weighted by Crippen LogP contribution is -2.14. The minimum Gasteiger partial charge on any atom is -0.252 e. The first kappa shape index (κ1) is 8.73. The maximum atomic E-state index is 4.08. The first-order valence-corrected chi connectivity index (χ1v) is 5.21. The van der Waals surface area contributed by atoms with E-state index in [0.717, 1.165) is 18.2 Å². The van der Waals surface area contributed by atoms with E-state index < -0.39 is 0 Å². The highest BCUT2D eigenvalue weighted by molar-refractivity contribution is 4.86. The molecule has 1 aliphatic rings. The summed E-state index contributed by atoms with van der Waals surface area (Å²) in [6.45, 7) is 3.06. The summed E-state index contributed by atoms with van der Waals surface area (Å²) in [4.78, 5) is 0. The van der Waals surface area contributed by atoms with Gasteiger partial charge in [0.1, 0.15) is 0 Å². The van der Waals surface area contributed by atoms with E-state index in [9.17, 15) is 0 Å². The van der Waals surface area contributed by atoms with Crippen LogP contribution in [0.3, 0.4) is 0 Å². The van der Waals surface area contributed by atoms with Crippen LogP contribution < -0.4 is 0 Å². The summed E-state index contributed by atoms with van der Waals surface area (Å²) < 4.78 is 1.99. The van der Waals surface area contributed by atoms with Crippen molar-refractivity contribution >= 4 is 0 Å². The van der Waals surface area contributed by atoms with E-state index >= 15 is 0 Å². The molecule has 72 valence electrons. The van der Waals surface area contributed by atoms with E-state index in [1.165, 1.54) is 32.1 Å². The molecule has 0 unspecified atom stereocenters. The molecule has 3 nitrogen and oxygen atoms in total. The lowest BCUT2D eigenvalue weighted by Gasteiger charge is -2.20. The second-order valence-electron chi connectivity index (χ2n) is 4.09. The smallest absolute Gasteiger partial charge is 0.0796 e. The fraction of sp³-hybridized carbons (Fsp3) is 0.800. The summed E-state index contributed by atoms with van der Waals surface area (Å²) in [5.74, 6) is 0.842. The monoisotopic (exact) mass is 179 g/mol. The van der Waals surface area contributed by atoms with E-state index in [1.54, 1.807) is 0 Å². The Labute approximate surface area is 79.1 Å². The molecule has 1 aromatic rings. The first-order valence-electron chi connectivity index (χ1n) is 5.21. The Balaban J connectivity index is 1.89. The maximum absolute atomic E-state index is 4.08. The van der Waals surface area contributed by atoms with Gasteiger partial charge in [-0.1, -0.05) is 24.5 Å². The van der Waals surface area contributed by atoms with Crippen LogP contribution in [0.15, 0.2) is 6.20 Å². The van der Waals surface area contributed by atoms with Gasteiger partial charge in [0, 0.05) is 12.7 Å². The Morgan fingerprint density at radius 3 is 2.77 bits per heavy atom. The van der Waals surface area contributed by atoms with Crippen LogP contribution in [0.2, 0.25) is 0 Å². The van der Waals surface area contributed by atoms with Gasteiger partial charge in [-0.3, -0.25) is 4.68 Å². The van der Waals surface area contributed by atoms with Gasteiger partial charge in [0.25, 0.3) is 0 Å². The number of rotatable bonds is 2. The molecule has 0 spiro atoms. The largest absolute Gasteiger partial charge is 0.252 e. The fourth-order valence-electron chi connectivity index (χ4n) is 2.12. The minimum absolute atomic E-state index is 0.842. The molecule has 0 bridgehead atoms. The third-order valence-electron chi connectivity index (χ3n) is 2.82. The number of aromatic nitrogens is 3. The van der Waals surface area contributed by atoms with Gasteiger partial charge >= 0.3 is 0 Å². The van der Waals surface area contributed by atoms with E-state index in [-0.39, 0.29) is 0 Å². The topological polar surface area (TPSA) is 30.7 Å². The molecule has 0 radical (unpaired) electrons. The maximum Gasteiger partial charge on any atom is 0.0796 e. The average molecular weight is 179 g/mol. The van der Waals surface area contributed by atoms with Gasteiger partial charge in [-0.15, -0.1) is 5.10 Å². The standard InChI is InChI=1S/C10H17N3/c1-9-7-13(12-11-9)8-10-5-3-2-4-6-10/h7,10H,2-6,8H2,1H3. The Morgan fingerprint density at radius 2 is 2.15 bits per heavy atom. The molecule has 0 amide bonds. The highest BCUT2D eigenvalue weighted by atomic mass is 15.4. The molecule has 1 saturated carbocycles. The first-order chi connectivity index (χ1) is 6.34. The predicted molar refractivity (Wildman–Crippen MR) is 51.3 cm³/mol. The van der Waals surface area contributed by atoms with E-state index in [2.05, 4.69) is 10.3 Å². The summed E-state index contributed by atoms with van der Waals surface area (Å²) in [6, 6.07) is 0. The quantitative estimate of drug-likeness (QED) is 0.696. The molecule has 13 heavy (non-hydrogen) atoms. The molecule has 2 rings (SSSR count). The minimum atomic E-state index is 0.842. The third-order valence-corrected chi connectivity index (χ3v) is 2.82. The lowest BCUT2D eigenvalue weighted by molar-refractivity contribution is 0.305. The van der Waals surface area contributed by atoms with Crippen molar-refractivity contribution in [3.8, 4) is 0 Å². The number of nitrogens with zero attached hydrogens (tertiary/aromatic N) is 3. The Kier molecular flexibility index (Phi) is 2.62. The zero-order valence-electron chi connectivity index (χ0n) is 8.24. The summed E-state index contributed by atoms with van der Waals surface area (Å²) in [5, 5.41) is 8.07. The molecular weight excluding hydrogens is 162 g/mol. The van der Waals surface area contributed by atoms with Crippen molar-refractivity contribution in [1.82, 2.24) is 15.0 Å². The van der Waals surface area contributed by atoms with Crippen LogP contribution in [-0.4, -0.2) is 15.0 Å². The van der Waals surface area contributed by atoms with Crippen molar-refractivity contribution < 1.29 is 0 Å². The Bertz CT molecular complexity index is 261. The van der Waals surface area contributed by atoms with Crippen molar-refractivity contribution in [1.29, 1.82) is 0 Å².